The average molecular weight is 248 g/mol. The van der Waals surface area contributed by atoms with Gasteiger partial charge < -0.3 is 5.73 Å². The monoisotopic (exact) mass is 247 g/mol. The molecule has 0 radical (unpaired) electrons. The first kappa shape index (κ1) is 11.9. The first-order valence-corrected chi connectivity index (χ1v) is 5.78. The van der Waals surface area contributed by atoms with Crippen LogP contribution in [0.3, 0.4) is 0 Å². The summed E-state index contributed by atoms with van der Waals surface area (Å²) in [7, 11) is 0. The van der Waals surface area contributed by atoms with Gasteiger partial charge in [0.05, 0.1) is 0 Å². The van der Waals surface area contributed by atoms with Gasteiger partial charge in [0.2, 0.25) is 5.95 Å². The van der Waals surface area contributed by atoms with E-state index in [4.69, 9.17) is 17.3 Å². The molecule has 0 aliphatic rings. The zero-order valence-electron chi connectivity index (χ0n) is 9.87. The summed E-state index contributed by atoms with van der Waals surface area (Å²) >= 11 is 6.08. The lowest BCUT2D eigenvalue weighted by Gasteiger charge is -2.08. The maximum absolute atomic E-state index is 6.08. The van der Waals surface area contributed by atoms with Crippen molar-refractivity contribution in [3.63, 3.8) is 0 Å². The highest BCUT2D eigenvalue weighted by Crippen LogP contribution is 2.21. The molecule has 88 valence electrons. The predicted octanol–water partition coefficient (Wildman–Crippen LogP) is 2.92. The van der Waals surface area contributed by atoms with Crippen LogP contribution in [0.2, 0.25) is 5.15 Å². The minimum atomic E-state index is 0.222. The SMILES string of the molecule is Cc1ccc(Cc2c(C)nc(N)nc2Cl)cc1. The van der Waals surface area contributed by atoms with Gasteiger partial charge in [-0.05, 0) is 19.4 Å². The number of halogens is 1. The predicted molar refractivity (Wildman–Crippen MR) is 70.2 cm³/mol. The van der Waals surface area contributed by atoms with Crippen LogP contribution in [0.15, 0.2) is 24.3 Å². The zero-order valence-corrected chi connectivity index (χ0v) is 10.6. The summed E-state index contributed by atoms with van der Waals surface area (Å²) in [4.78, 5) is 8.11. The maximum Gasteiger partial charge on any atom is 0.221 e. The van der Waals surface area contributed by atoms with Crippen LogP contribution in [0.4, 0.5) is 5.95 Å². The van der Waals surface area contributed by atoms with Gasteiger partial charge in [0.25, 0.3) is 0 Å². The van der Waals surface area contributed by atoms with E-state index in [0.717, 1.165) is 17.7 Å². The fourth-order valence-corrected chi connectivity index (χ4v) is 1.98. The number of nitrogens with two attached hydrogens (primary N) is 1. The van der Waals surface area contributed by atoms with Crippen LogP contribution in [0.25, 0.3) is 0 Å². The molecule has 0 unspecified atom stereocenters. The lowest BCUT2D eigenvalue weighted by molar-refractivity contribution is 1.03. The van der Waals surface area contributed by atoms with Gasteiger partial charge in [-0.3, -0.25) is 0 Å². The first-order chi connectivity index (χ1) is 8.06. The Morgan fingerprint density at radius 3 is 2.35 bits per heavy atom. The second kappa shape index (κ2) is 4.72. The van der Waals surface area contributed by atoms with Gasteiger partial charge in [-0.1, -0.05) is 41.4 Å². The van der Waals surface area contributed by atoms with E-state index < -0.39 is 0 Å². The van der Waals surface area contributed by atoms with Gasteiger partial charge in [0.15, 0.2) is 0 Å². The molecule has 0 bridgehead atoms. The quantitative estimate of drug-likeness (QED) is 0.831. The van der Waals surface area contributed by atoms with Crippen molar-refractivity contribution in [1.82, 2.24) is 9.97 Å². The van der Waals surface area contributed by atoms with E-state index in [2.05, 4.69) is 41.2 Å². The van der Waals surface area contributed by atoms with Crippen LogP contribution in [0.1, 0.15) is 22.4 Å². The largest absolute Gasteiger partial charge is 0.368 e. The Balaban J connectivity index is 2.33. The molecule has 1 aromatic heterocycles. The van der Waals surface area contributed by atoms with Crippen molar-refractivity contribution < 1.29 is 0 Å². The number of benzene rings is 1. The normalized spacial score (nSPS) is 10.5. The Labute approximate surface area is 106 Å². The van der Waals surface area contributed by atoms with Gasteiger partial charge in [0, 0.05) is 17.7 Å². The van der Waals surface area contributed by atoms with Gasteiger partial charge in [-0.2, -0.15) is 0 Å². The summed E-state index contributed by atoms with van der Waals surface area (Å²) in [5.74, 6) is 0.222. The van der Waals surface area contributed by atoms with Crippen LogP contribution >= 0.6 is 11.6 Å². The van der Waals surface area contributed by atoms with Crippen molar-refractivity contribution in [2.24, 2.45) is 0 Å². The molecule has 3 nitrogen and oxygen atoms in total. The molecule has 4 heteroatoms. The molecule has 0 saturated heterocycles. The maximum atomic E-state index is 6.08. The van der Waals surface area contributed by atoms with E-state index in [0.29, 0.717) is 5.15 Å². The van der Waals surface area contributed by atoms with Crippen LogP contribution in [0, 0.1) is 13.8 Å². The molecule has 0 fully saturated rings. The summed E-state index contributed by atoms with van der Waals surface area (Å²) in [5.41, 5.74) is 9.74. The molecule has 0 amide bonds. The van der Waals surface area contributed by atoms with E-state index in [1.54, 1.807) is 0 Å². The standard InChI is InChI=1S/C13H14ClN3/c1-8-3-5-10(6-4-8)7-11-9(2)16-13(15)17-12(11)14/h3-6H,7H2,1-2H3,(H2,15,16,17). The number of nitrogens with zero attached hydrogens (tertiary/aromatic N) is 2. The van der Waals surface area contributed by atoms with Gasteiger partial charge in [-0.25, -0.2) is 9.97 Å². The van der Waals surface area contributed by atoms with Crippen molar-refractivity contribution in [2.45, 2.75) is 20.3 Å². The Kier molecular flexibility index (Phi) is 3.29. The molecule has 0 saturated carbocycles. The van der Waals surface area contributed by atoms with Crippen LogP contribution in [-0.2, 0) is 6.42 Å². The third-order valence-corrected chi connectivity index (χ3v) is 2.99. The highest BCUT2D eigenvalue weighted by atomic mass is 35.5. The highest BCUT2D eigenvalue weighted by molar-refractivity contribution is 6.30. The van der Waals surface area contributed by atoms with Crippen molar-refractivity contribution >= 4 is 17.5 Å². The van der Waals surface area contributed by atoms with E-state index in [-0.39, 0.29) is 5.95 Å². The molecule has 2 rings (SSSR count). The first-order valence-electron chi connectivity index (χ1n) is 5.40. The van der Waals surface area contributed by atoms with Gasteiger partial charge in [0.1, 0.15) is 5.15 Å². The number of rotatable bonds is 2. The number of hydrogen-bond acceptors (Lipinski definition) is 3. The van der Waals surface area contributed by atoms with Crippen molar-refractivity contribution in [1.29, 1.82) is 0 Å². The fraction of sp³-hybridized carbons (Fsp3) is 0.231. The summed E-state index contributed by atoms with van der Waals surface area (Å²) in [6, 6.07) is 8.33. The third-order valence-electron chi connectivity index (χ3n) is 2.68. The molecule has 0 aliphatic carbocycles. The van der Waals surface area contributed by atoms with E-state index in [9.17, 15) is 0 Å². The number of nitrogen functional groups attached to an aromatic ring is 1. The molecule has 0 aliphatic heterocycles. The minimum Gasteiger partial charge on any atom is -0.368 e. The molecule has 1 aromatic carbocycles. The lowest BCUT2D eigenvalue weighted by atomic mass is 10.0. The molecule has 0 spiro atoms. The van der Waals surface area contributed by atoms with Crippen LogP contribution in [-0.4, -0.2) is 9.97 Å². The van der Waals surface area contributed by atoms with Gasteiger partial charge >= 0.3 is 0 Å². The molecule has 2 aromatic rings. The molecule has 17 heavy (non-hydrogen) atoms. The summed E-state index contributed by atoms with van der Waals surface area (Å²) in [5, 5.41) is 0.440. The zero-order chi connectivity index (χ0) is 12.4. The Hall–Kier alpha value is -1.61. The number of aryl methyl sites for hydroxylation is 2. The summed E-state index contributed by atoms with van der Waals surface area (Å²) in [6.07, 6.45) is 0.727. The Bertz CT molecular complexity index is 512. The third kappa shape index (κ3) is 2.74. The van der Waals surface area contributed by atoms with Crippen molar-refractivity contribution in [3.8, 4) is 0 Å². The lowest BCUT2D eigenvalue weighted by Crippen LogP contribution is -2.03. The van der Waals surface area contributed by atoms with E-state index in [1.165, 1.54) is 11.1 Å². The second-order valence-electron chi connectivity index (χ2n) is 4.10. The Morgan fingerprint density at radius 1 is 1.12 bits per heavy atom. The van der Waals surface area contributed by atoms with Crippen LogP contribution in [0.5, 0.6) is 0 Å². The molecule has 1 heterocycles. The molecular formula is C13H14ClN3. The number of anilines is 1. The highest BCUT2D eigenvalue weighted by Gasteiger charge is 2.09. The molecular weight excluding hydrogens is 234 g/mol. The van der Waals surface area contributed by atoms with Crippen LogP contribution < -0.4 is 5.73 Å². The summed E-state index contributed by atoms with van der Waals surface area (Å²) < 4.78 is 0. The second-order valence-corrected chi connectivity index (χ2v) is 4.46. The number of hydrogen-bond donors (Lipinski definition) is 1. The number of aromatic nitrogens is 2. The minimum absolute atomic E-state index is 0.222. The topological polar surface area (TPSA) is 51.8 Å². The van der Waals surface area contributed by atoms with E-state index in [1.807, 2.05) is 6.92 Å². The van der Waals surface area contributed by atoms with E-state index >= 15 is 0 Å². The Morgan fingerprint density at radius 2 is 1.76 bits per heavy atom. The van der Waals surface area contributed by atoms with Gasteiger partial charge in [-0.15, -0.1) is 0 Å². The average Bonchev–Trinajstić information content (AvgIpc) is 2.26. The smallest absolute Gasteiger partial charge is 0.221 e. The van der Waals surface area contributed by atoms with Crippen molar-refractivity contribution in [3.05, 3.63) is 51.8 Å². The van der Waals surface area contributed by atoms with Crippen molar-refractivity contribution in [2.75, 3.05) is 5.73 Å². The molecule has 0 atom stereocenters. The molecule has 2 N–H and O–H groups in total. The summed E-state index contributed by atoms with van der Waals surface area (Å²) in [6.45, 7) is 3.96. The fourth-order valence-electron chi connectivity index (χ4n) is 1.69.